The average Bonchev–Trinajstić information content (AvgIpc) is 2.93. The van der Waals surface area contributed by atoms with E-state index in [0.717, 1.165) is 26.2 Å². The number of ether oxygens (including phenoxy) is 2. The van der Waals surface area contributed by atoms with Crippen LogP contribution in [0, 0.1) is 0 Å². The molecule has 0 amide bonds. The Bertz CT molecular complexity index is 358. The molecule has 1 heterocycles. The van der Waals surface area contributed by atoms with Crippen molar-refractivity contribution in [2.45, 2.75) is 38.4 Å². The summed E-state index contributed by atoms with van der Waals surface area (Å²) in [4.78, 5) is 0. The highest BCUT2D eigenvalue weighted by Crippen LogP contribution is 2.16. The molecule has 1 aliphatic rings. The van der Waals surface area contributed by atoms with E-state index in [0.29, 0.717) is 18.6 Å². The van der Waals surface area contributed by atoms with E-state index in [9.17, 15) is 0 Å². The first-order chi connectivity index (χ1) is 9.29. The number of likely N-dealkylation sites (N-methyl/N-ethyl adjacent to an activating group) is 1. The summed E-state index contributed by atoms with van der Waals surface area (Å²) in [7, 11) is 1.99. The number of hydrogen-bond donors (Lipinski definition) is 1. The van der Waals surface area contributed by atoms with Crippen molar-refractivity contribution in [1.29, 1.82) is 0 Å². The van der Waals surface area contributed by atoms with Gasteiger partial charge in [0.25, 0.3) is 0 Å². The molecule has 1 fully saturated rings. The van der Waals surface area contributed by atoms with E-state index < -0.39 is 0 Å². The average molecular weight is 263 g/mol. The van der Waals surface area contributed by atoms with E-state index in [1.807, 2.05) is 7.05 Å². The first-order valence-corrected chi connectivity index (χ1v) is 7.22. The lowest BCUT2D eigenvalue weighted by Crippen LogP contribution is -2.15. The van der Waals surface area contributed by atoms with Crippen LogP contribution in [0.5, 0.6) is 0 Å². The van der Waals surface area contributed by atoms with Gasteiger partial charge in [0.2, 0.25) is 0 Å². The van der Waals surface area contributed by atoms with E-state index in [1.165, 1.54) is 17.5 Å². The first kappa shape index (κ1) is 14.5. The van der Waals surface area contributed by atoms with Gasteiger partial charge in [-0.05, 0) is 36.9 Å². The molecule has 1 aliphatic heterocycles. The quantitative estimate of drug-likeness (QED) is 0.820. The van der Waals surface area contributed by atoms with Crippen molar-refractivity contribution in [3.05, 3.63) is 35.4 Å². The lowest BCUT2D eigenvalue weighted by Gasteiger charge is -2.13. The van der Waals surface area contributed by atoms with Gasteiger partial charge in [0.05, 0.1) is 19.3 Å². The minimum absolute atomic E-state index is 0.315. The van der Waals surface area contributed by atoms with Crippen molar-refractivity contribution in [3.63, 3.8) is 0 Å². The second-order valence-corrected chi connectivity index (χ2v) is 5.35. The second-order valence-electron chi connectivity index (χ2n) is 5.35. The Morgan fingerprint density at radius 2 is 2.16 bits per heavy atom. The van der Waals surface area contributed by atoms with Crippen molar-refractivity contribution in [1.82, 2.24) is 5.32 Å². The van der Waals surface area contributed by atoms with E-state index in [4.69, 9.17) is 9.47 Å². The highest BCUT2D eigenvalue weighted by molar-refractivity contribution is 5.24. The maximum atomic E-state index is 5.71. The Labute approximate surface area is 116 Å². The van der Waals surface area contributed by atoms with E-state index in [-0.39, 0.29) is 0 Å². The second kappa shape index (κ2) is 7.63. The molecule has 0 bridgehead atoms. The molecule has 106 valence electrons. The number of nitrogens with one attached hydrogen (secondary N) is 1. The van der Waals surface area contributed by atoms with Crippen LogP contribution in [0.3, 0.4) is 0 Å². The summed E-state index contributed by atoms with van der Waals surface area (Å²) in [5.74, 6) is 0.548. The zero-order valence-corrected chi connectivity index (χ0v) is 12.0. The maximum Gasteiger partial charge on any atom is 0.0809 e. The third kappa shape index (κ3) is 4.60. The van der Waals surface area contributed by atoms with Crippen molar-refractivity contribution >= 4 is 0 Å². The summed E-state index contributed by atoms with van der Waals surface area (Å²) >= 11 is 0. The van der Waals surface area contributed by atoms with E-state index >= 15 is 0 Å². The largest absolute Gasteiger partial charge is 0.376 e. The lowest BCUT2D eigenvalue weighted by molar-refractivity contribution is 0.0106. The van der Waals surface area contributed by atoms with E-state index in [2.05, 4.69) is 36.5 Å². The van der Waals surface area contributed by atoms with Crippen molar-refractivity contribution in [2.24, 2.45) is 0 Å². The topological polar surface area (TPSA) is 30.5 Å². The Balaban J connectivity index is 1.74. The normalized spacial score (nSPS) is 20.6. The molecule has 0 aromatic heterocycles. The molecule has 0 radical (unpaired) electrons. The minimum atomic E-state index is 0.315. The molecule has 3 nitrogen and oxygen atoms in total. The molecule has 1 N–H and O–H groups in total. The smallest absolute Gasteiger partial charge is 0.0809 e. The highest BCUT2D eigenvalue weighted by atomic mass is 16.5. The highest BCUT2D eigenvalue weighted by Gasteiger charge is 2.15. The molecule has 1 saturated heterocycles. The molecule has 2 rings (SSSR count). The molecule has 0 saturated carbocycles. The Morgan fingerprint density at radius 3 is 2.79 bits per heavy atom. The predicted molar refractivity (Wildman–Crippen MR) is 77.4 cm³/mol. The fourth-order valence-electron chi connectivity index (χ4n) is 2.45. The van der Waals surface area contributed by atoms with Crippen LogP contribution in [-0.4, -0.2) is 32.9 Å². The van der Waals surface area contributed by atoms with Gasteiger partial charge in [0, 0.05) is 13.2 Å². The van der Waals surface area contributed by atoms with Gasteiger partial charge in [-0.3, -0.25) is 0 Å². The van der Waals surface area contributed by atoms with Crippen LogP contribution in [0.25, 0.3) is 0 Å². The van der Waals surface area contributed by atoms with Crippen molar-refractivity contribution in [3.8, 4) is 0 Å². The van der Waals surface area contributed by atoms with Crippen LogP contribution in [0.4, 0.5) is 0 Å². The van der Waals surface area contributed by atoms with Crippen LogP contribution in [0.15, 0.2) is 24.3 Å². The molecule has 19 heavy (non-hydrogen) atoms. The lowest BCUT2D eigenvalue weighted by atomic mass is 10.00. The van der Waals surface area contributed by atoms with Crippen LogP contribution in [0.2, 0.25) is 0 Å². The van der Waals surface area contributed by atoms with Gasteiger partial charge in [-0.2, -0.15) is 0 Å². The van der Waals surface area contributed by atoms with Crippen molar-refractivity contribution in [2.75, 3.05) is 26.8 Å². The maximum absolute atomic E-state index is 5.71. The standard InChI is InChI=1S/C16H25NO2/c1-13(10-17-2)15-7-5-14(6-8-15)11-18-12-16-4-3-9-19-16/h5-8,13,16-17H,3-4,9-12H2,1-2H3. The third-order valence-corrected chi connectivity index (χ3v) is 3.66. The van der Waals surface area contributed by atoms with Crippen LogP contribution < -0.4 is 5.32 Å². The molecule has 0 spiro atoms. The molecule has 1 aromatic rings. The summed E-state index contributed by atoms with van der Waals surface area (Å²) in [6, 6.07) is 8.73. The van der Waals surface area contributed by atoms with Crippen LogP contribution >= 0.6 is 0 Å². The Kier molecular flexibility index (Phi) is 5.83. The van der Waals surface area contributed by atoms with Gasteiger partial charge in [-0.15, -0.1) is 0 Å². The molecule has 0 aliphatic carbocycles. The number of benzene rings is 1. The molecular formula is C16H25NO2. The molecular weight excluding hydrogens is 238 g/mol. The zero-order valence-electron chi connectivity index (χ0n) is 12.0. The van der Waals surface area contributed by atoms with Gasteiger partial charge >= 0.3 is 0 Å². The Morgan fingerprint density at radius 1 is 1.37 bits per heavy atom. The molecule has 3 heteroatoms. The summed E-state index contributed by atoms with van der Waals surface area (Å²) in [6.07, 6.45) is 2.63. The van der Waals surface area contributed by atoms with Gasteiger partial charge in [0.1, 0.15) is 0 Å². The van der Waals surface area contributed by atoms with Gasteiger partial charge < -0.3 is 14.8 Å². The number of rotatable bonds is 7. The summed E-state index contributed by atoms with van der Waals surface area (Å²) in [5, 5.41) is 3.21. The van der Waals surface area contributed by atoms with Crippen molar-refractivity contribution < 1.29 is 9.47 Å². The predicted octanol–water partition coefficient (Wildman–Crippen LogP) is 2.71. The fourth-order valence-corrected chi connectivity index (χ4v) is 2.45. The molecule has 2 atom stereocenters. The molecule has 1 aromatic carbocycles. The number of hydrogen-bond acceptors (Lipinski definition) is 3. The summed E-state index contributed by atoms with van der Waals surface area (Å²) < 4.78 is 11.3. The zero-order chi connectivity index (χ0) is 13.5. The van der Waals surface area contributed by atoms with Crippen LogP contribution in [0.1, 0.15) is 36.8 Å². The van der Waals surface area contributed by atoms with Crippen LogP contribution in [-0.2, 0) is 16.1 Å². The fraction of sp³-hybridized carbons (Fsp3) is 0.625. The third-order valence-electron chi connectivity index (χ3n) is 3.66. The monoisotopic (exact) mass is 263 g/mol. The van der Waals surface area contributed by atoms with E-state index in [1.54, 1.807) is 0 Å². The SMILES string of the molecule is CNCC(C)c1ccc(COCC2CCCO2)cc1. The van der Waals surface area contributed by atoms with Gasteiger partial charge in [-0.25, -0.2) is 0 Å². The summed E-state index contributed by atoms with van der Waals surface area (Å²) in [5.41, 5.74) is 2.61. The summed E-state index contributed by atoms with van der Waals surface area (Å²) in [6.45, 7) is 5.54. The molecule has 2 unspecified atom stereocenters. The first-order valence-electron chi connectivity index (χ1n) is 7.22. The minimum Gasteiger partial charge on any atom is -0.376 e. The van der Waals surface area contributed by atoms with Gasteiger partial charge in [0.15, 0.2) is 0 Å². The Hall–Kier alpha value is -0.900. The van der Waals surface area contributed by atoms with Gasteiger partial charge in [-0.1, -0.05) is 31.2 Å².